The van der Waals surface area contributed by atoms with Crippen molar-refractivity contribution in [1.29, 1.82) is 0 Å². The van der Waals surface area contributed by atoms with Crippen LogP contribution in [0.3, 0.4) is 0 Å². The Balaban J connectivity index is 1.66. The van der Waals surface area contributed by atoms with E-state index in [2.05, 4.69) is 20.7 Å². The SMILES string of the molecule is Cc1cc(NC(=O)CN(CCN2CCCCC2)C(=O)Nc2c(Cl)cccc2Cl)no1. The number of rotatable bonds is 7. The summed E-state index contributed by atoms with van der Waals surface area (Å²) in [6.45, 7) is 4.65. The lowest BCUT2D eigenvalue weighted by Crippen LogP contribution is -2.45. The number of aryl methyl sites for hydroxylation is 1. The molecule has 0 aliphatic carbocycles. The van der Waals surface area contributed by atoms with Gasteiger partial charge in [-0.3, -0.25) is 4.79 Å². The van der Waals surface area contributed by atoms with Crippen molar-refractivity contribution in [3.8, 4) is 0 Å². The fourth-order valence-corrected chi connectivity index (χ4v) is 3.77. The van der Waals surface area contributed by atoms with Gasteiger partial charge in [-0.1, -0.05) is 40.8 Å². The van der Waals surface area contributed by atoms with Crippen molar-refractivity contribution in [2.24, 2.45) is 0 Å². The van der Waals surface area contributed by atoms with Crippen LogP contribution in [0, 0.1) is 6.92 Å². The molecule has 0 saturated carbocycles. The first-order chi connectivity index (χ1) is 14.4. The number of aromatic nitrogens is 1. The summed E-state index contributed by atoms with van der Waals surface area (Å²) >= 11 is 12.3. The number of likely N-dealkylation sites (tertiary alicyclic amines) is 1. The minimum Gasteiger partial charge on any atom is -0.360 e. The molecule has 3 rings (SSSR count). The highest BCUT2D eigenvalue weighted by molar-refractivity contribution is 6.39. The van der Waals surface area contributed by atoms with Gasteiger partial charge in [0.05, 0.1) is 15.7 Å². The zero-order valence-corrected chi connectivity index (χ0v) is 18.3. The van der Waals surface area contributed by atoms with Crippen molar-refractivity contribution >= 4 is 46.6 Å². The summed E-state index contributed by atoms with van der Waals surface area (Å²) < 4.78 is 4.96. The van der Waals surface area contributed by atoms with Crippen LogP contribution in [0.2, 0.25) is 10.0 Å². The summed E-state index contributed by atoms with van der Waals surface area (Å²) in [5, 5.41) is 9.78. The third-order valence-corrected chi connectivity index (χ3v) is 5.48. The Kier molecular flexibility index (Phi) is 7.95. The molecule has 2 heterocycles. The number of anilines is 2. The van der Waals surface area contributed by atoms with Crippen LogP contribution in [0.25, 0.3) is 0 Å². The van der Waals surface area contributed by atoms with Gasteiger partial charge < -0.3 is 25.0 Å². The Labute approximate surface area is 185 Å². The predicted molar refractivity (Wildman–Crippen MR) is 117 cm³/mol. The van der Waals surface area contributed by atoms with E-state index in [0.717, 1.165) is 25.9 Å². The molecule has 1 aliphatic rings. The van der Waals surface area contributed by atoms with E-state index in [4.69, 9.17) is 27.7 Å². The van der Waals surface area contributed by atoms with E-state index in [9.17, 15) is 9.59 Å². The summed E-state index contributed by atoms with van der Waals surface area (Å²) in [6, 6.07) is 6.14. The second kappa shape index (κ2) is 10.7. The first kappa shape index (κ1) is 22.4. The molecule has 10 heteroatoms. The van der Waals surface area contributed by atoms with E-state index >= 15 is 0 Å². The van der Waals surface area contributed by atoms with Crippen molar-refractivity contribution in [2.45, 2.75) is 26.2 Å². The number of piperidine rings is 1. The van der Waals surface area contributed by atoms with Crippen LogP contribution in [0.15, 0.2) is 28.8 Å². The Hall–Kier alpha value is -2.29. The highest BCUT2D eigenvalue weighted by Crippen LogP contribution is 2.30. The first-order valence-electron chi connectivity index (χ1n) is 9.88. The van der Waals surface area contributed by atoms with E-state index in [1.165, 1.54) is 11.3 Å². The van der Waals surface area contributed by atoms with Gasteiger partial charge in [0, 0.05) is 19.2 Å². The zero-order chi connectivity index (χ0) is 21.5. The molecule has 0 spiro atoms. The summed E-state index contributed by atoms with van der Waals surface area (Å²) in [6.07, 6.45) is 3.52. The Morgan fingerprint density at radius 1 is 1.17 bits per heavy atom. The second-order valence-corrected chi connectivity index (χ2v) is 8.04. The molecular weight excluding hydrogens is 429 g/mol. The van der Waals surface area contributed by atoms with E-state index in [-0.39, 0.29) is 12.5 Å². The molecule has 0 atom stereocenters. The van der Waals surface area contributed by atoms with Crippen LogP contribution in [0.4, 0.5) is 16.3 Å². The Bertz CT molecular complexity index is 863. The van der Waals surface area contributed by atoms with Crippen LogP contribution in [-0.4, -0.2) is 59.6 Å². The van der Waals surface area contributed by atoms with Gasteiger partial charge in [0.2, 0.25) is 5.91 Å². The van der Waals surface area contributed by atoms with E-state index in [1.54, 1.807) is 31.2 Å². The van der Waals surface area contributed by atoms with Gasteiger partial charge in [0.15, 0.2) is 5.82 Å². The fraction of sp³-hybridized carbons (Fsp3) is 0.450. The van der Waals surface area contributed by atoms with Gasteiger partial charge in [-0.15, -0.1) is 0 Å². The topological polar surface area (TPSA) is 90.7 Å². The van der Waals surface area contributed by atoms with Crippen molar-refractivity contribution in [1.82, 2.24) is 15.0 Å². The van der Waals surface area contributed by atoms with Gasteiger partial charge in [-0.05, 0) is 45.0 Å². The maximum atomic E-state index is 12.9. The van der Waals surface area contributed by atoms with E-state index < -0.39 is 6.03 Å². The molecule has 3 amide bonds. The van der Waals surface area contributed by atoms with Gasteiger partial charge >= 0.3 is 6.03 Å². The lowest BCUT2D eigenvalue weighted by Gasteiger charge is -2.30. The Morgan fingerprint density at radius 2 is 1.87 bits per heavy atom. The monoisotopic (exact) mass is 453 g/mol. The molecule has 0 radical (unpaired) electrons. The van der Waals surface area contributed by atoms with Gasteiger partial charge in [0.25, 0.3) is 0 Å². The molecule has 2 aromatic rings. The highest BCUT2D eigenvalue weighted by atomic mass is 35.5. The molecule has 1 aliphatic heterocycles. The average Bonchev–Trinajstić information content (AvgIpc) is 3.13. The summed E-state index contributed by atoms with van der Waals surface area (Å²) in [4.78, 5) is 29.2. The fourth-order valence-electron chi connectivity index (χ4n) is 3.28. The molecular formula is C20H25Cl2N5O3. The molecule has 1 aromatic heterocycles. The number of carbonyl (C=O) groups excluding carboxylic acids is 2. The number of carbonyl (C=O) groups is 2. The van der Waals surface area contributed by atoms with Crippen LogP contribution in [0.5, 0.6) is 0 Å². The normalized spacial score (nSPS) is 14.4. The van der Waals surface area contributed by atoms with Crippen LogP contribution < -0.4 is 10.6 Å². The molecule has 1 fully saturated rings. The predicted octanol–water partition coefficient (Wildman–Crippen LogP) is 4.25. The number of benzene rings is 1. The third-order valence-electron chi connectivity index (χ3n) is 4.85. The van der Waals surface area contributed by atoms with E-state index in [0.29, 0.717) is 40.4 Å². The quantitative estimate of drug-likeness (QED) is 0.653. The highest BCUT2D eigenvalue weighted by Gasteiger charge is 2.21. The number of hydrogen-bond acceptors (Lipinski definition) is 5. The number of nitrogens with one attached hydrogen (secondary N) is 2. The van der Waals surface area contributed by atoms with Crippen LogP contribution in [-0.2, 0) is 4.79 Å². The maximum absolute atomic E-state index is 12.9. The molecule has 1 saturated heterocycles. The summed E-state index contributed by atoms with van der Waals surface area (Å²) in [5.74, 6) is 0.517. The van der Waals surface area contributed by atoms with Gasteiger partial charge in [0.1, 0.15) is 12.3 Å². The van der Waals surface area contributed by atoms with Crippen molar-refractivity contribution in [2.75, 3.05) is 43.4 Å². The number of nitrogens with zero attached hydrogens (tertiary/aromatic N) is 3. The number of hydrogen-bond donors (Lipinski definition) is 2. The number of amides is 3. The second-order valence-electron chi connectivity index (χ2n) is 7.22. The number of para-hydroxylation sites is 1. The smallest absolute Gasteiger partial charge is 0.322 e. The van der Waals surface area contributed by atoms with E-state index in [1.807, 2.05) is 0 Å². The Morgan fingerprint density at radius 3 is 2.50 bits per heavy atom. The molecule has 2 N–H and O–H groups in total. The lowest BCUT2D eigenvalue weighted by atomic mass is 10.1. The summed E-state index contributed by atoms with van der Waals surface area (Å²) in [5.41, 5.74) is 0.321. The maximum Gasteiger partial charge on any atom is 0.322 e. The minimum atomic E-state index is -0.450. The van der Waals surface area contributed by atoms with Gasteiger partial charge in [-0.25, -0.2) is 4.79 Å². The molecule has 0 unspecified atom stereocenters. The molecule has 8 nitrogen and oxygen atoms in total. The minimum absolute atomic E-state index is 0.145. The van der Waals surface area contributed by atoms with Crippen molar-refractivity contribution in [3.63, 3.8) is 0 Å². The zero-order valence-electron chi connectivity index (χ0n) is 16.8. The summed E-state index contributed by atoms with van der Waals surface area (Å²) in [7, 11) is 0. The number of urea groups is 1. The van der Waals surface area contributed by atoms with Crippen molar-refractivity contribution < 1.29 is 14.1 Å². The third kappa shape index (κ3) is 6.35. The molecule has 0 bridgehead atoms. The number of halogens is 2. The first-order valence-corrected chi connectivity index (χ1v) is 10.6. The van der Waals surface area contributed by atoms with Crippen LogP contribution in [0.1, 0.15) is 25.0 Å². The standard InChI is InChI=1S/C20H25Cl2N5O3/c1-14-12-17(25-30-14)23-18(28)13-27(11-10-26-8-3-2-4-9-26)20(29)24-19-15(21)6-5-7-16(19)22/h5-7,12H,2-4,8-11,13H2,1H3,(H,24,29)(H,23,25,28). The van der Waals surface area contributed by atoms with Crippen molar-refractivity contribution in [3.05, 3.63) is 40.1 Å². The molecule has 162 valence electrons. The lowest BCUT2D eigenvalue weighted by molar-refractivity contribution is -0.116. The average molecular weight is 454 g/mol. The molecule has 1 aromatic carbocycles. The van der Waals surface area contributed by atoms with Gasteiger partial charge in [-0.2, -0.15) is 0 Å². The van der Waals surface area contributed by atoms with Crippen LogP contribution >= 0.6 is 23.2 Å². The largest absolute Gasteiger partial charge is 0.360 e. The molecule has 30 heavy (non-hydrogen) atoms.